The molecule has 0 saturated heterocycles. The molecule has 0 aliphatic carbocycles. The Bertz CT molecular complexity index is 235. The van der Waals surface area contributed by atoms with E-state index < -0.39 is 0 Å². The number of nitrogens with zero attached hydrogens (tertiary/aromatic N) is 2. The third-order valence-electron chi connectivity index (χ3n) is 1.62. The van der Waals surface area contributed by atoms with Crippen molar-refractivity contribution >= 4 is 11.3 Å². The Kier molecular flexibility index (Phi) is 3.20. The van der Waals surface area contributed by atoms with Gasteiger partial charge in [-0.2, -0.15) is 0 Å². The molecular formula is C8H15N3S. The molecule has 0 bridgehead atoms. The van der Waals surface area contributed by atoms with Gasteiger partial charge in [0.15, 0.2) is 0 Å². The highest BCUT2D eigenvalue weighted by Gasteiger charge is 2.02. The van der Waals surface area contributed by atoms with Crippen molar-refractivity contribution in [3.63, 3.8) is 0 Å². The molecule has 0 aromatic carbocycles. The van der Waals surface area contributed by atoms with Gasteiger partial charge >= 0.3 is 0 Å². The maximum atomic E-state index is 4.41. The van der Waals surface area contributed by atoms with E-state index in [1.54, 1.807) is 11.3 Å². The number of rotatable bonds is 3. The molecule has 1 aromatic rings. The van der Waals surface area contributed by atoms with Gasteiger partial charge in [0, 0.05) is 19.0 Å². The third kappa shape index (κ3) is 2.55. The van der Waals surface area contributed by atoms with Crippen molar-refractivity contribution in [1.82, 2.24) is 15.4 Å². The molecule has 1 heterocycles. The summed E-state index contributed by atoms with van der Waals surface area (Å²) in [5.41, 5.74) is 4.33. The lowest BCUT2D eigenvalue weighted by molar-refractivity contribution is 0.285. The Labute approximate surface area is 77.4 Å². The van der Waals surface area contributed by atoms with Crippen LogP contribution in [0.15, 0.2) is 0 Å². The molecule has 3 nitrogen and oxygen atoms in total. The summed E-state index contributed by atoms with van der Waals surface area (Å²) in [6.45, 7) is 4.98. The molecule has 12 heavy (non-hydrogen) atoms. The number of nitrogens with one attached hydrogen (secondary N) is 1. The average molecular weight is 185 g/mol. The molecule has 0 unspecified atom stereocenters. The first kappa shape index (κ1) is 9.64. The van der Waals surface area contributed by atoms with E-state index in [0.717, 1.165) is 17.2 Å². The Morgan fingerprint density at radius 3 is 2.50 bits per heavy atom. The van der Waals surface area contributed by atoms with Gasteiger partial charge < -0.3 is 0 Å². The lowest BCUT2D eigenvalue weighted by Crippen LogP contribution is -2.29. The van der Waals surface area contributed by atoms with E-state index in [4.69, 9.17) is 0 Å². The van der Waals surface area contributed by atoms with E-state index in [2.05, 4.69) is 17.3 Å². The van der Waals surface area contributed by atoms with Crippen LogP contribution in [-0.2, 0) is 6.54 Å². The molecule has 0 radical (unpaired) electrons. The average Bonchev–Trinajstić information content (AvgIpc) is 2.28. The van der Waals surface area contributed by atoms with Gasteiger partial charge in [-0.3, -0.25) is 5.01 Å². The predicted octanol–water partition coefficient (Wildman–Crippen LogP) is 1.33. The van der Waals surface area contributed by atoms with Gasteiger partial charge in [-0.25, -0.2) is 10.4 Å². The number of hydrogen-bond acceptors (Lipinski definition) is 4. The summed E-state index contributed by atoms with van der Waals surface area (Å²) in [6, 6.07) is 0. The molecule has 0 saturated carbocycles. The predicted molar refractivity (Wildman–Crippen MR) is 52.1 cm³/mol. The lowest BCUT2D eigenvalue weighted by Gasteiger charge is -2.09. The number of hydrogen-bond donors (Lipinski definition) is 1. The molecule has 0 atom stereocenters. The van der Waals surface area contributed by atoms with Crippen molar-refractivity contribution in [3.05, 3.63) is 15.6 Å². The van der Waals surface area contributed by atoms with E-state index in [9.17, 15) is 0 Å². The van der Waals surface area contributed by atoms with Crippen molar-refractivity contribution in [2.75, 3.05) is 14.1 Å². The fraction of sp³-hybridized carbons (Fsp3) is 0.625. The molecule has 4 heteroatoms. The molecule has 68 valence electrons. The SMILES string of the molecule is Cc1nc(CNN(C)C)sc1C. The molecule has 1 rings (SSSR count). The summed E-state index contributed by atoms with van der Waals surface area (Å²) in [7, 11) is 3.96. The van der Waals surface area contributed by atoms with E-state index in [1.165, 1.54) is 4.88 Å². The van der Waals surface area contributed by atoms with E-state index >= 15 is 0 Å². The van der Waals surface area contributed by atoms with Crippen LogP contribution in [0.5, 0.6) is 0 Å². The third-order valence-corrected chi connectivity index (χ3v) is 2.69. The van der Waals surface area contributed by atoms with Gasteiger partial charge in [0.2, 0.25) is 0 Å². The minimum absolute atomic E-state index is 0.826. The number of aromatic nitrogens is 1. The monoisotopic (exact) mass is 185 g/mol. The highest BCUT2D eigenvalue weighted by atomic mass is 32.1. The normalized spacial score (nSPS) is 11.1. The lowest BCUT2D eigenvalue weighted by atomic mass is 10.4. The molecule has 0 fully saturated rings. The van der Waals surface area contributed by atoms with Gasteiger partial charge in [0.1, 0.15) is 5.01 Å². The fourth-order valence-electron chi connectivity index (χ4n) is 0.841. The molecule has 0 spiro atoms. The zero-order valence-corrected chi connectivity index (χ0v) is 8.83. The topological polar surface area (TPSA) is 28.2 Å². The Balaban J connectivity index is 2.53. The highest BCUT2D eigenvalue weighted by molar-refractivity contribution is 7.11. The Morgan fingerprint density at radius 2 is 2.08 bits per heavy atom. The number of thiazole rings is 1. The second-order valence-electron chi connectivity index (χ2n) is 2.98. The molecule has 0 aliphatic rings. The van der Waals surface area contributed by atoms with Crippen LogP contribution >= 0.6 is 11.3 Å². The molecule has 0 aliphatic heterocycles. The highest BCUT2D eigenvalue weighted by Crippen LogP contribution is 2.15. The standard InChI is InChI=1S/C8H15N3S/c1-6-7(2)12-8(10-6)5-9-11(3)4/h9H,5H2,1-4H3. The minimum Gasteiger partial charge on any atom is -0.250 e. The van der Waals surface area contributed by atoms with Crippen LogP contribution in [0.2, 0.25) is 0 Å². The van der Waals surface area contributed by atoms with Crippen molar-refractivity contribution in [2.45, 2.75) is 20.4 Å². The smallest absolute Gasteiger partial charge is 0.108 e. The van der Waals surface area contributed by atoms with E-state index in [1.807, 2.05) is 26.0 Å². The van der Waals surface area contributed by atoms with Crippen LogP contribution in [0.3, 0.4) is 0 Å². The summed E-state index contributed by atoms with van der Waals surface area (Å²) in [4.78, 5) is 5.72. The zero-order chi connectivity index (χ0) is 9.14. The Morgan fingerprint density at radius 1 is 1.42 bits per heavy atom. The zero-order valence-electron chi connectivity index (χ0n) is 8.01. The first-order valence-corrected chi connectivity index (χ1v) is 4.75. The van der Waals surface area contributed by atoms with Crippen molar-refractivity contribution in [3.8, 4) is 0 Å². The number of hydrazine groups is 1. The van der Waals surface area contributed by atoms with Crippen molar-refractivity contribution < 1.29 is 0 Å². The van der Waals surface area contributed by atoms with Crippen molar-refractivity contribution in [1.29, 1.82) is 0 Å². The summed E-state index contributed by atoms with van der Waals surface area (Å²) in [6.07, 6.45) is 0. The first-order valence-electron chi connectivity index (χ1n) is 3.93. The molecule has 1 aromatic heterocycles. The second kappa shape index (κ2) is 3.98. The first-order chi connectivity index (χ1) is 5.59. The molecular weight excluding hydrogens is 170 g/mol. The van der Waals surface area contributed by atoms with Crippen LogP contribution in [0.1, 0.15) is 15.6 Å². The summed E-state index contributed by atoms with van der Waals surface area (Å²) in [5, 5.41) is 3.09. The maximum absolute atomic E-state index is 4.41. The van der Waals surface area contributed by atoms with Crippen LogP contribution in [0, 0.1) is 13.8 Å². The maximum Gasteiger partial charge on any atom is 0.108 e. The van der Waals surface area contributed by atoms with Gasteiger partial charge in [0.05, 0.1) is 12.2 Å². The largest absolute Gasteiger partial charge is 0.250 e. The molecule has 0 amide bonds. The van der Waals surface area contributed by atoms with E-state index in [0.29, 0.717) is 0 Å². The molecule has 1 N–H and O–H groups in total. The van der Waals surface area contributed by atoms with Crippen LogP contribution in [-0.4, -0.2) is 24.1 Å². The summed E-state index contributed by atoms with van der Waals surface area (Å²) >= 11 is 1.76. The second-order valence-corrected chi connectivity index (χ2v) is 4.27. The van der Waals surface area contributed by atoms with Crippen LogP contribution < -0.4 is 5.43 Å². The van der Waals surface area contributed by atoms with E-state index in [-0.39, 0.29) is 0 Å². The van der Waals surface area contributed by atoms with Gasteiger partial charge in [-0.1, -0.05) is 0 Å². The number of aryl methyl sites for hydroxylation is 2. The quantitative estimate of drug-likeness (QED) is 0.720. The van der Waals surface area contributed by atoms with Crippen molar-refractivity contribution in [2.24, 2.45) is 0 Å². The minimum atomic E-state index is 0.826. The van der Waals surface area contributed by atoms with Gasteiger partial charge in [-0.05, 0) is 13.8 Å². The van der Waals surface area contributed by atoms with Gasteiger partial charge in [0.25, 0.3) is 0 Å². The Hall–Kier alpha value is -0.450. The summed E-state index contributed by atoms with van der Waals surface area (Å²) < 4.78 is 0. The van der Waals surface area contributed by atoms with Crippen LogP contribution in [0.4, 0.5) is 0 Å². The van der Waals surface area contributed by atoms with Crippen LogP contribution in [0.25, 0.3) is 0 Å². The van der Waals surface area contributed by atoms with Gasteiger partial charge in [-0.15, -0.1) is 11.3 Å². The fourth-order valence-corrected chi connectivity index (χ4v) is 1.71. The summed E-state index contributed by atoms with van der Waals surface area (Å²) in [5.74, 6) is 0.